The molecule has 1 aliphatic carbocycles. The largest absolute Gasteiger partial charge is 0.377 e. The number of hydrogen-bond acceptors (Lipinski definition) is 4. The van der Waals surface area contributed by atoms with Gasteiger partial charge >= 0.3 is 0 Å². The summed E-state index contributed by atoms with van der Waals surface area (Å²) in [5.74, 6) is 0. The molecule has 0 saturated carbocycles. The number of aliphatic hydroxyl groups excluding tert-OH is 1. The fourth-order valence-electron chi connectivity index (χ4n) is 2.28. The Labute approximate surface area is 104 Å². The first-order valence-electron chi connectivity index (χ1n) is 6.42. The van der Waals surface area contributed by atoms with Gasteiger partial charge in [0.15, 0.2) is 0 Å². The van der Waals surface area contributed by atoms with Crippen LogP contribution in [0, 0.1) is 0 Å². The Balaban J connectivity index is 1.68. The van der Waals surface area contributed by atoms with Gasteiger partial charge in [0, 0.05) is 38.8 Å². The molecule has 2 rings (SSSR count). The summed E-state index contributed by atoms with van der Waals surface area (Å²) in [6.07, 6.45) is 8.85. The maximum atomic E-state index is 10.00. The van der Waals surface area contributed by atoms with E-state index >= 15 is 0 Å². The number of hydrogen-bond donors (Lipinski definition) is 2. The third-order valence-electron chi connectivity index (χ3n) is 3.41. The summed E-state index contributed by atoms with van der Waals surface area (Å²) in [6.45, 7) is 5.02. The molecule has 4 nitrogen and oxygen atoms in total. The molecule has 0 aromatic rings. The molecule has 1 saturated heterocycles. The van der Waals surface area contributed by atoms with E-state index in [2.05, 4.69) is 34.3 Å². The first kappa shape index (κ1) is 12.8. The molecule has 0 spiro atoms. The highest BCUT2D eigenvalue weighted by Crippen LogP contribution is 2.05. The van der Waals surface area contributed by atoms with Crippen molar-refractivity contribution in [2.75, 3.05) is 39.8 Å². The van der Waals surface area contributed by atoms with Crippen LogP contribution in [0.4, 0.5) is 0 Å². The molecule has 2 unspecified atom stereocenters. The van der Waals surface area contributed by atoms with Crippen LogP contribution >= 0.6 is 0 Å². The van der Waals surface area contributed by atoms with Crippen molar-refractivity contribution in [2.24, 2.45) is 0 Å². The first-order valence-corrected chi connectivity index (χ1v) is 6.42. The van der Waals surface area contributed by atoms with Crippen molar-refractivity contribution in [3.63, 3.8) is 0 Å². The molecule has 0 radical (unpaired) electrons. The molecule has 17 heavy (non-hydrogen) atoms. The summed E-state index contributed by atoms with van der Waals surface area (Å²) in [7, 11) is 2.14. The highest BCUT2D eigenvalue weighted by molar-refractivity contribution is 5.13. The van der Waals surface area contributed by atoms with Gasteiger partial charge in [-0.25, -0.2) is 0 Å². The Kier molecular flexibility index (Phi) is 4.74. The van der Waals surface area contributed by atoms with E-state index in [0.29, 0.717) is 0 Å². The van der Waals surface area contributed by atoms with Gasteiger partial charge in [0.05, 0.1) is 0 Å². The van der Waals surface area contributed by atoms with Crippen LogP contribution in [-0.2, 0) is 0 Å². The third kappa shape index (κ3) is 4.24. The van der Waals surface area contributed by atoms with E-state index in [-0.39, 0.29) is 6.04 Å². The normalized spacial score (nSPS) is 28.5. The molecular weight excluding hydrogens is 214 g/mol. The maximum absolute atomic E-state index is 10.00. The molecular formula is C13H23N3O. The molecule has 0 aromatic heterocycles. The number of piperazine rings is 1. The smallest absolute Gasteiger partial charge is 0.118 e. The summed E-state index contributed by atoms with van der Waals surface area (Å²) < 4.78 is 0. The fourth-order valence-corrected chi connectivity index (χ4v) is 2.28. The van der Waals surface area contributed by atoms with Crippen LogP contribution < -0.4 is 5.32 Å². The number of aliphatic hydroxyl groups is 1. The predicted molar refractivity (Wildman–Crippen MR) is 69.8 cm³/mol. The van der Waals surface area contributed by atoms with E-state index in [1.807, 2.05) is 12.2 Å². The second-order valence-corrected chi connectivity index (χ2v) is 4.94. The Hall–Kier alpha value is -0.680. The standard InChI is InChI=1S/C13H23N3O/c1-15-7-9-16(10-8-15)11-13(17)14-12-5-3-2-4-6-12/h2-5,12-14,17H,6-11H2,1H3. The van der Waals surface area contributed by atoms with Crippen molar-refractivity contribution in [1.82, 2.24) is 15.1 Å². The quantitative estimate of drug-likeness (QED) is 0.677. The van der Waals surface area contributed by atoms with Gasteiger partial charge in [0.1, 0.15) is 6.23 Å². The second kappa shape index (κ2) is 6.31. The number of nitrogens with zero attached hydrogens (tertiary/aromatic N) is 2. The molecule has 4 heteroatoms. The van der Waals surface area contributed by atoms with Gasteiger partial charge in [-0.15, -0.1) is 0 Å². The zero-order valence-corrected chi connectivity index (χ0v) is 10.5. The average molecular weight is 237 g/mol. The van der Waals surface area contributed by atoms with Gasteiger partial charge in [-0.1, -0.05) is 24.3 Å². The summed E-state index contributed by atoms with van der Waals surface area (Å²) in [4.78, 5) is 4.64. The highest BCUT2D eigenvalue weighted by Gasteiger charge is 2.18. The van der Waals surface area contributed by atoms with Crippen LogP contribution in [0.5, 0.6) is 0 Å². The number of β-amino-alcohol motifs (C(OH)–C–C–N with tert-alkyl or cyclic N) is 1. The highest BCUT2D eigenvalue weighted by atomic mass is 16.3. The van der Waals surface area contributed by atoms with Gasteiger partial charge in [-0.05, 0) is 13.5 Å². The van der Waals surface area contributed by atoms with Gasteiger partial charge in [-0.2, -0.15) is 0 Å². The van der Waals surface area contributed by atoms with Crippen LogP contribution in [-0.4, -0.2) is 66.9 Å². The molecule has 1 fully saturated rings. The van der Waals surface area contributed by atoms with E-state index in [1.165, 1.54) is 0 Å². The molecule has 2 atom stereocenters. The van der Waals surface area contributed by atoms with Crippen molar-refractivity contribution < 1.29 is 5.11 Å². The van der Waals surface area contributed by atoms with E-state index in [4.69, 9.17) is 0 Å². The minimum absolute atomic E-state index is 0.280. The van der Waals surface area contributed by atoms with Crippen molar-refractivity contribution in [3.05, 3.63) is 24.3 Å². The number of likely N-dealkylation sites (N-methyl/N-ethyl adjacent to an activating group) is 1. The predicted octanol–water partition coefficient (Wildman–Crippen LogP) is 0.0265. The molecule has 0 bridgehead atoms. The van der Waals surface area contributed by atoms with Crippen LogP contribution in [0.1, 0.15) is 6.42 Å². The van der Waals surface area contributed by atoms with Crippen molar-refractivity contribution in [2.45, 2.75) is 18.7 Å². The Morgan fingerprint density at radius 3 is 2.71 bits per heavy atom. The Bertz CT molecular complexity index is 282. The monoisotopic (exact) mass is 237 g/mol. The van der Waals surface area contributed by atoms with E-state index in [9.17, 15) is 5.11 Å². The van der Waals surface area contributed by atoms with Crippen molar-refractivity contribution >= 4 is 0 Å². The van der Waals surface area contributed by atoms with Gasteiger partial charge in [0.2, 0.25) is 0 Å². The lowest BCUT2D eigenvalue weighted by Gasteiger charge is -2.34. The molecule has 0 aromatic carbocycles. The molecule has 1 heterocycles. The number of nitrogens with one attached hydrogen (secondary N) is 1. The third-order valence-corrected chi connectivity index (χ3v) is 3.41. The summed E-state index contributed by atoms with van der Waals surface area (Å²) in [5, 5.41) is 13.2. The maximum Gasteiger partial charge on any atom is 0.118 e. The van der Waals surface area contributed by atoms with E-state index in [1.54, 1.807) is 0 Å². The summed E-state index contributed by atoms with van der Waals surface area (Å²) >= 11 is 0. The number of rotatable bonds is 4. The summed E-state index contributed by atoms with van der Waals surface area (Å²) in [6, 6.07) is 0.280. The van der Waals surface area contributed by atoms with Crippen molar-refractivity contribution in [1.29, 1.82) is 0 Å². The van der Waals surface area contributed by atoms with E-state index in [0.717, 1.165) is 39.1 Å². The molecule has 2 aliphatic rings. The molecule has 1 aliphatic heterocycles. The van der Waals surface area contributed by atoms with Gasteiger partial charge < -0.3 is 10.0 Å². The van der Waals surface area contributed by atoms with Crippen LogP contribution in [0.3, 0.4) is 0 Å². The molecule has 0 amide bonds. The lowest BCUT2D eigenvalue weighted by atomic mass is 10.1. The van der Waals surface area contributed by atoms with Crippen molar-refractivity contribution in [3.8, 4) is 0 Å². The Morgan fingerprint density at radius 2 is 2.06 bits per heavy atom. The Morgan fingerprint density at radius 1 is 1.29 bits per heavy atom. The van der Waals surface area contributed by atoms with Gasteiger partial charge in [0.25, 0.3) is 0 Å². The minimum atomic E-state index is -0.431. The van der Waals surface area contributed by atoms with Crippen LogP contribution in [0.2, 0.25) is 0 Å². The summed E-state index contributed by atoms with van der Waals surface area (Å²) in [5.41, 5.74) is 0. The zero-order chi connectivity index (χ0) is 12.1. The molecule has 2 N–H and O–H groups in total. The van der Waals surface area contributed by atoms with Gasteiger partial charge in [-0.3, -0.25) is 10.2 Å². The zero-order valence-electron chi connectivity index (χ0n) is 10.5. The first-order chi connectivity index (χ1) is 8.24. The van der Waals surface area contributed by atoms with Crippen LogP contribution in [0.15, 0.2) is 24.3 Å². The minimum Gasteiger partial charge on any atom is -0.377 e. The van der Waals surface area contributed by atoms with E-state index < -0.39 is 6.23 Å². The lowest BCUT2D eigenvalue weighted by Crippen LogP contribution is -2.51. The fraction of sp³-hybridized carbons (Fsp3) is 0.692. The number of allylic oxidation sites excluding steroid dienone is 2. The average Bonchev–Trinajstić information content (AvgIpc) is 2.33. The topological polar surface area (TPSA) is 38.7 Å². The lowest BCUT2D eigenvalue weighted by molar-refractivity contribution is 0.0572. The molecule has 96 valence electrons. The second-order valence-electron chi connectivity index (χ2n) is 4.94. The SMILES string of the molecule is CN1CCN(CC(O)NC2C=CC=CC2)CC1. The van der Waals surface area contributed by atoms with Crippen LogP contribution in [0.25, 0.3) is 0 Å².